The third-order valence-corrected chi connectivity index (χ3v) is 3.10. The first-order valence-electron chi connectivity index (χ1n) is 7.04. The van der Waals surface area contributed by atoms with E-state index in [0.717, 1.165) is 5.56 Å². The summed E-state index contributed by atoms with van der Waals surface area (Å²) in [5.41, 5.74) is 0.636. The van der Waals surface area contributed by atoms with E-state index in [-0.39, 0.29) is 17.3 Å². The minimum absolute atomic E-state index is 0.0717. The summed E-state index contributed by atoms with van der Waals surface area (Å²) >= 11 is 0. The molecule has 0 fully saturated rings. The highest BCUT2D eigenvalue weighted by Crippen LogP contribution is 2.30. The molecule has 3 rings (SSSR count). The molecule has 0 unspecified atom stereocenters. The second kappa shape index (κ2) is 7.09. The summed E-state index contributed by atoms with van der Waals surface area (Å²) in [4.78, 5) is 26.9. The van der Waals surface area contributed by atoms with Crippen molar-refractivity contribution in [1.82, 2.24) is 19.9 Å². The molecule has 0 bridgehead atoms. The first-order chi connectivity index (χ1) is 11.7. The Morgan fingerprint density at radius 3 is 2.62 bits per heavy atom. The predicted molar refractivity (Wildman–Crippen MR) is 87.8 cm³/mol. The number of hydrogen-bond acceptors (Lipinski definition) is 8. The van der Waals surface area contributed by atoms with E-state index in [1.54, 1.807) is 42.9 Å². The van der Waals surface area contributed by atoms with E-state index in [1.807, 2.05) is 6.07 Å². The fraction of sp³-hybridized carbons (Fsp3) is 0.0667. The minimum atomic E-state index is -0.531. The van der Waals surface area contributed by atoms with Gasteiger partial charge in [-0.2, -0.15) is 0 Å². The third kappa shape index (κ3) is 3.58. The van der Waals surface area contributed by atoms with E-state index in [2.05, 4.69) is 30.6 Å². The lowest BCUT2D eigenvalue weighted by molar-refractivity contribution is -0.383. The Kier molecular flexibility index (Phi) is 4.52. The van der Waals surface area contributed by atoms with Gasteiger partial charge in [-0.05, 0) is 23.8 Å². The normalized spacial score (nSPS) is 10.2. The number of nitro groups is 1. The molecule has 24 heavy (non-hydrogen) atoms. The van der Waals surface area contributed by atoms with Crippen molar-refractivity contribution >= 4 is 23.1 Å². The molecule has 0 saturated heterocycles. The average molecular weight is 323 g/mol. The molecular weight excluding hydrogens is 310 g/mol. The zero-order valence-corrected chi connectivity index (χ0v) is 12.5. The number of aromatic nitrogens is 4. The molecule has 3 aromatic heterocycles. The number of anilines is 3. The van der Waals surface area contributed by atoms with Crippen LogP contribution in [0.1, 0.15) is 5.56 Å². The molecule has 0 aliphatic carbocycles. The summed E-state index contributed by atoms with van der Waals surface area (Å²) in [6, 6.07) is 8.86. The van der Waals surface area contributed by atoms with Crippen molar-refractivity contribution in [3.05, 3.63) is 70.9 Å². The molecule has 0 amide bonds. The fourth-order valence-electron chi connectivity index (χ4n) is 2.02. The average Bonchev–Trinajstić information content (AvgIpc) is 2.61. The summed E-state index contributed by atoms with van der Waals surface area (Å²) in [7, 11) is 0. The summed E-state index contributed by atoms with van der Waals surface area (Å²) in [5, 5.41) is 17.2. The third-order valence-electron chi connectivity index (χ3n) is 3.10. The molecule has 0 radical (unpaired) electrons. The molecule has 9 nitrogen and oxygen atoms in total. The Labute approximate surface area is 137 Å². The molecule has 0 aliphatic heterocycles. The maximum absolute atomic E-state index is 11.5. The minimum Gasteiger partial charge on any atom is -0.360 e. The molecule has 3 aromatic rings. The van der Waals surface area contributed by atoms with Crippen LogP contribution in [-0.2, 0) is 6.54 Å². The Morgan fingerprint density at radius 1 is 1.04 bits per heavy atom. The Bertz CT molecular complexity index is 828. The smallest absolute Gasteiger partial charge is 0.353 e. The van der Waals surface area contributed by atoms with Gasteiger partial charge >= 0.3 is 5.69 Å². The quantitative estimate of drug-likeness (QED) is 0.524. The number of nitrogens with zero attached hydrogens (tertiary/aromatic N) is 5. The van der Waals surface area contributed by atoms with Crippen molar-refractivity contribution in [3.8, 4) is 0 Å². The highest BCUT2D eigenvalue weighted by molar-refractivity contribution is 5.72. The standard InChI is InChI=1S/C15H13N7O2/c23-22(24)13-14(18-9-11-4-3-6-16-8-11)19-10-20-15(13)21-12-5-1-2-7-17-12/h1-8,10H,9H2,(H2,17,18,19,20,21). The maximum atomic E-state index is 11.5. The van der Waals surface area contributed by atoms with Crippen LogP contribution in [0.25, 0.3) is 0 Å². The predicted octanol–water partition coefficient (Wildman–Crippen LogP) is 2.53. The van der Waals surface area contributed by atoms with Gasteiger partial charge in [0, 0.05) is 25.1 Å². The number of pyridine rings is 2. The molecule has 0 atom stereocenters. The zero-order chi connectivity index (χ0) is 16.8. The van der Waals surface area contributed by atoms with Crippen LogP contribution in [0.3, 0.4) is 0 Å². The van der Waals surface area contributed by atoms with Crippen molar-refractivity contribution < 1.29 is 4.92 Å². The van der Waals surface area contributed by atoms with Crippen LogP contribution in [0.5, 0.6) is 0 Å². The van der Waals surface area contributed by atoms with Crippen LogP contribution in [0.15, 0.2) is 55.2 Å². The van der Waals surface area contributed by atoms with E-state index < -0.39 is 4.92 Å². The molecule has 3 heterocycles. The summed E-state index contributed by atoms with van der Waals surface area (Å²) in [6.45, 7) is 0.356. The largest absolute Gasteiger partial charge is 0.360 e. The number of hydrogen-bond donors (Lipinski definition) is 2. The molecule has 9 heteroatoms. The van der Waals surface area contributed by atoms with E-state index in [0.29, 0.717) is 12.4 Å². The van der Waals surface area contributed by atoms with Gasteiger partial charge in [0.25, 0.3) is 0 Å². The summed E-state index contributed by atoms with van der Waals surface area (Å²) in [6.07, 6.45) is 6.17. The Hall–Kier alpha value is -3.62. The van der Waals surface area contributed by atoms with Gasteiger partial charge in [-0.1, -0.05) is 12.1 Å². The first kappa shape index (κ1) is 15.3. The van der Waals surface area contributed by atoms with Crippen molar-refractivity contribution in [2.45, 2.75) is 6.54 Å². The molecule has 120 valence electrons. The van der Waals surface area contributed by atoms with Gasteiger partial charge in [-0.25, -0.2) is 15.0 Å². The lowest BCUT2D eigenvalue weighted by Gasteiger charge is -2.09. The molecule has 0 aliphatic rings. The number of nitrogens with one attached hydrogen (secondary N) is 2. The van der Waals surface area contributed by atoms with Crippen molar-refractivity contribution in [2.24, 2.45) is 0 Å². The topological polar surface area (TPSA) is 119 Å². The van der Waals surface area contributed by atoms with Crippen LogP contribution in [0.2, 0.25) is 0 Å². The van der Waals surface area contributed by atoms with E-state index in [4.69, 9.17) is 0 Å². The SMILES string of the molecule is O=[N+]([O-])c1c(NCc2cccnc2)ncnc1Nc1ccccn1. The zero-order valence-electron chi connectivity index (χ0n) is 12.5. The van der Waals surface area contributed by atoms with Gasteiger partial charge in [-0.3, -0.25) is 15.1 Å². The molecule has 0 spiro atoms. The van der Waals surface area contributed by atoms with E-state index >= 15 is 0 Å². The van der Waals surface area contributed by atoms with E-state index in [9.17, 15) is 10.1 Å². The van der Waals surface area contributed by atoms with Gasteiger partial charge < -0.3 is 10.6 Å². The van der Waals surface area contributed by atoms with E-state index in [1.165, 1.54) is 6.33 Å². The lowest BCUT2D eigenvalue weighted by atomic mass is 10.3. The van der Waals surface area contributed by atoms with Crippen LogP contribution >= 0.6 is 0 Å². The van der Waals surface area contributed by atoms with Gasteiger partial charge in [0.05, 0.1) is 4.92 Å². The van der Waals surface area contributed by atoms with Crippen molar-refractivity contribution in [2.75, 3.05) is 10.6 Å². The van der Waals surface area contributed by atoms with Crippen LogP contribution in [-0.4, -0.2) is 24.9 Å². The van der Waals surface area contributed by atoms with Crippen LogP contribution in [0.4, 0.5) is 23.1 Å². The van der Waals surface area contributed by atoms with Crippen LogP contribution in [0, 0.1) is 10.1 Å². The first-order valence-corrected chi connectivity index (χ1v) is 7.04. The van der Waals surface area contributed by atoms with Gasteiger partial charge in [0.15, 0.2) is 0 Å². The second-order valence-corrected chi connectivity index (χ2v) is 4.73. The maximum Gasteiger partial charge on any atom is 0.353 e. The van der Waals surface area contributed by atoms with Crippen molar-refractivity contribution in [1.29, 1.82) is 0 Å². The summed E-state index contributed by atoms with van der Waals surface area (Å²) in [5.74, 6) is 0.650. The lowest BCUT2D eigenvalue weighted by Crippen LogP contribution is -2.08. The van der Waals surface area contributed by atoms with Crippen molar-refractivity contribution in [3.63, 3.8) is 0 Å². The molecule has 0 aromatic carbocycles. The Balaban J connectivity index is 1.86. The van der Waals surface area contributed by atoms with Gasteiger partial charge in [0.1, 0.15) is 12.1 Å². The number of rotatable bonds is 6. The van der Waals surface area contributed by atoms with Crippen LogP contribution < -0.4 is 10.6 Å². The highest BCUT2D eigenvalue weighted by Gasteiger charge is 2.23. The van der Waals surface area contributed by atoms with Gasteiger partial charge in [-0.15, -0.1) is 0 Å². The molecule has 0 saturated carbocycles. The summed E-state index contributed by atoms with van der Waals surface area (Å²) < 4.78 is 0. The second-order valence-electron chi connectivity index (χ2n) is 4.73. The highest BCUT2D eigenvalue weighted by atomic mass is 16.6. The molecule has 2 N–H and O–H groups in total. The molecular formula is C15H13N7O2. The monoisotopic (exact) mass is 323 g/mol. The fourth-order valence-corrected chi connectivity index (χ4v) is 2.02. The Morgan fingerprint density at radius 2 is 1.92 bits per heavy atom. The van der Waals surface area contributed by atoms with Gasteiger partial charge in [0.2, 0.25) is 11.6 Å².